The summed E-state index contributed by atoms with van der Waals surface area (Å²) in [5.74, 6) is -0.689. The van der Waals surface area contributed by atoms with Crippen molar-refractivity contribution in [2.24, 2.45) is 5.41 Å². The van der Waals surface area contributed by atoms with Gasteiger partial charge in [0, 0.05) is 13.2 Å². The summed E-state index contributed by atoms with van der Waals surface area (Å²) < 4.78 is 5.26. The van der Waals surface area contributed by atoms with Gasteiger partial charge >= 0.3 is 5.97 Å². The molecule has 0 amide bonds. The first-order valence-electron chi connectivity index (χ1n) is 5.76. The number of ether oxygens (including phenoxy) is 1. The summed E-state index contributed by atoms with van der Waals surface area (Å²) in [4.78, 5) is 13.6. The maximum atomic E-state index is 11.3. The number of likely N-dealkylation sites (tertiary alicyclic amines) is 1. The van der Waals surface area contributed by atoms with Gasteiger partial charge in [0.2, 0.25) is 0 Å². The number of aliphatic carboxylic acids is 1. The molecule has 0 spiro atoms. The van der Waals surface area contributed by atoms with E-state index in [9.17, 15) is 9.90 Å². The fourth-order valence-electron chi connectivity index (χ4n) is 2.51. The second-order valence-corrected chi connectivity index (χ2v) is 4.72. The molecular formula is C11H19NO3. The molecule has 15 heavy (non-hydrogen) atoms. The molecule has 1 N–H and O–H groups in total. The van der Waals surface area contributed by atoms with Crippen molar-refractivity contribution >= 4 is 5.97 Å². The molecule has 2 fully saturated rings. The van der Waals surface area contributed by atoms with E-state index < -0.39 is 11.4 Å². The second kappa shape index (κ2) is 4.49. The highest BCUT2D eigenvalue weighted by Crippen LogP contribution is 2.30. The number of hydrogen-bond donors (Lipinski definition) is 1. The highest BCUT2D eigenvalue weighted by molar-refractivity contribution is 5.75. The van der Waals surface area contributed by atoms with E-state index in [2.05, 4.69) is 4.90 Å². The lowest BCUT2D eigenvalue weighted by atomic mass is 9.86. The normalized spacial score (nSPS) is 33.1. The predicted molar refractivity (Wildman–Crippen MR) is 55.8 cm³/mol. The lowest BCUT2D eigenvalue weighted by Gasteiger charge is -2.33. The number of nitrogens with zero attached hydrogens (tertiary/aromatic N) is 1. The highest BCUT2D eigenvalue weighted by atomic mass is 16.5. The third-order valence-electron chi connectivity index (χ3n) is 3.53. The number of carbonyl (C=O) groups is 1. The number of rotatable bonds is 3. The van der Waals surface area contributed by atoms with Crippen molar-refractivity contribution in [3.63, 3.8) is 0 Å². The van der Waals surface area contributed by atoms with E-state index in [-0.39, 0.29) is 0 Å². The molecule has 2 aliphatic rings. The minimum atomic E-state index is -0.689. The molecule has 2 heterocycles. The van der Waals surface area contributed by atoms with E-state index in [0.29, 0.717) is 26.2 Å². The summed E-state index contributed by atoms with van der Waals surface area (Å²) in [5.41, 5.74) is -0.628. The van der Waals surface area contributed by atoms with Gasteiger partial charge in [-0.2, -0.15) is 0 Å². The molecule has 0 aromatic carbocycles. The van der Waals surface area contributed by atoms with E-state index in [1.54, 1.807) is 0 Å². The number of hydrogen-bond acceptors (Lipinski definition) is 3. The molecule has 2 aliphatic heterocycles. The summed E-state index contributed by atoms with van der Waals surface area (Å²) >= 11 is 0. The average Bonchev–Trinajstić information content (AvgIpc) is 2.69. The monoisotopic (exact) mass is 213 g/mol. The Labute approximate surface area is 90.2 Å². The number of piperidine rings is 1. The van der Waals surface area contributed by atoms with E-state index in [0.717, 1.165) is 13.1 Å². The minimum Gasteiger partial charge on any atom is -0.481 e. The van der Waals surface area contributed by atoms with Gasteiger partial charge in [-0.1, -0.05) is 6.42 Å². The highest BCUT2D eigenvalue weighted by Gasteiger charge is 2.43. The first kappa shape index (κ1) is 10.9. The Hall–Kier alpha value is -0.610. The maximum absolute atomic E-state index is 11.3. The van der Waals surface area contributed by atoms with Crippen molar-refractivity contribution in [2.75, 3.05) is 32.8 Å². The molecule has 1 atom stereocenters. The molecule has 2 rings (SSSR count). The van der Waals surface area contributed by atoms with Crippen LogP contribution in [0, 0.1) is 5.41 Å². The van der Waals surface area contributed by atoms with Crippen molar-refractivity contribution in [1.82, 2.24) is 4.90 Å². The molecule has 0 saturated carbocycles. The largest absolute Gasteiger partial charge is 0.481 e. The Morgan fingerprint density at radius 2 is 2.07 bits per heavy atom. The maximum Gasteiger partial charge on any atom is 0.313 e. The number of carboxylic acid groups (broad SMARTS) is 1. The van der Waals surface area contributed by atoms with Crippen molar-refractivity contribution in [3.05, 3.63) is 0 Å². The number of carboxylic acids is 1. The SMILES string of the molecule is O=C(O)C1(CN2CCCCC2)CCOC1. The predicted octanol–water partition coefficient (Wildman–Crippen LogP) is 0.964. The molecule has 0 aromatic rings. The molecule has 86 valence electrons. The van der Waals surface area contributed by atoms with E-state index in [1.807, 2.05) is 0 Å². The van der Waals surface area contributed by atoms with Crippen molar-refractivity contribution in [2.45, 2.75) is 25.7 Å². The Bertz CT molecular complexity index is 230. The molecule has 1 unspecified atom stereocenters. The van der Waals surface area contributed by atoms with Gasteiger partial charge in [-0.05, 0) is 32.4 Å². The topological polar surface area (TPSA) is 49.8 Å². The van der Waals surface area contributed by atoms with E-state index in [1.165, 1.54) is 19.3 Å². The third-order valence-corrected chi connectivity index (χ3v) is 3.53. The quantitative estimate of drug-likeness (QED) is 0.758. The van der Waals surface area contributed by atoms with Crippen LogP contribution in [-0.2, 0) is 9.53 Å². The summed E-state index contributed by atoms with van der Waals surface area (Å²) in [6, 6.07) is 0. The summed E-state index contributed by atoms with van der Waals surface area (Å²) in [6.07, 6.45) is 4.36. The van der Waals surface area contributed by atoms with Crippen LogP contribution in [0.2, 0.25) is 0 Å². The molecular weight excluding hydrogens is 194 g/mol. The first-order valence-corrected chi connectivity index (χ1v) is 5.76. The Balaban J connectivity index is 1.96. The fraction of sp³-hybridized carbons (Fsp3) is 0.909. The zero-order valence-electron chi connectivity index (χ0n) is 9.07. The van der Waals surface area contributed by atoms with Crippen LogP contribution < -0.4 is 0 Å². The van der Waals surface area contributed by atoms with Crippen LogP contribution in [0.15, 0.2) is 0 Å². The Morgan fingerprint density at radius 3 is 2.60 bits per heavy atom. The van der Waals surface area contributed by atoms with Crippen molar-refractivity contribution in [1.29, 1.82) is 0 Å². The van der Waals surface area contributed by atoms with Gasteiger partial charge < -0.3 is 14.7 Å². The van der Waals surface area contributed by atoms with Gasteiger partial charge in [0.05, 0.1) is 6.61 Å². The van der Waals surface area contributed by atoms with Crippen LogP contribution in [0.1, 0.15) is 25.7 Å². The smallest absolute Gasteiger partial charge is 0.313 e. The summed E-state index contributed by atoms with van der Waals surface area (Å²) in [6.45, 7) is 3.76. The Kier molecular flexibility index (Phi) is 3.26. The van der Waals surface area contributed by atoms with Crippen LogP contribution in [0.5, 0.6) is 0 Å². The van der Waals surface area contributed by atoms with Crippen LogP contribution in [-0.4, -0.2) is 48.8 Å². The zero-order valence-corrected chi connectivity index (χ0v) is 9.07. The second-order valence-electron chi connectivity index (χ2n) is 4.72. The van der Waals surface area contributed by atoms with Crippen molar-refractivity contribution < 1.29 is 14.6 Å². The molecule has 2 saturated heterocycles. The van der Waals surface area contributed by atoms with Crippen LogP contribution in [0.4, 0.5) is 0 Å². The van der Waals surface area contributed by atoms with Gasteiger partial charge in [0.1, 0.15) is 5.41 Å². The van der Waals surface area contributed by atoms with Crippen molar-refractivity contribution in [3.8, 4) is 0 Å². The molecule has 0 bridgehead atoms. The zero-order chi connectivity index (χ0) is 10.7. The summed E-state index contributed by atoms with van der Waals surface area (Å²) in [5, 5.41) is 9.29. The standard InChI is InChI=1S/C11H19NO3/c13-10(14)11(4-7-15-9-11)8-12-5-2-1-3-6-12/h1-9H2,(H,13,14). The minimum absolute atomic E-state index is 0.388. The average molecular weight is 213 g/mol. The van der Waals surface area contributed by atoms with Crippen LogP contribution in [0.3, 0.4) is 0 Å². The molecule has 0 aromatic heterocycles. The van der Waals surface area contributed by atoms with Gasteiger partial charge in [-0.15, -0.1) is 0 Å². The van der Waals surface area contributed by atoms with Crippen LogP contribution >= 0.6 is 0 Å². The molecule has 4 heteroatoms. The Morgan fingerprint density at radius 1 is 1.33 bits per heavy atom. The van der Waals surface area contributed by atoms with Gasteiger partial charge in [-0.3, -0.25) is 4.79 Å². The van der Waals surface area contributed by atoms with Crippen LogP contribution in [0.25, 0.3) is 0 Å². The van der Waals surface area contributed by atoms with Gasteiger partial charge in [-0.25, -0.2) is 0 Å². The van der Waals surface area contributed by atoms with E-state index in [4.69, 9.17) is 4.74 Å². The fourth-order valence-corrected chi connectivity index (χ4v) is 2.51. The summed E-state index contributed by atoms with van der Waals surface area (Å²) in [7, 11) is 0. The lowest BCUT2D eigenvalue weighted by molar-refractivity contribution is -0.150. The van der Waals surface area contributed by atoms with Gasteiger partial charge in [0.25, 0.3) is 0 Å². The molecule has 0 radical (unpaired) electrons. The van der Waals surface area contributed by atoms with Gasteiger partial charge in [0.15, 0.2) is 0 Å². The van der Waals surface area contributed by atoms with E-state index >= 15 is 0 Å². The molecule has 4 nitrogen and oxygen atoms in total. The molecule has 0 aliphatic carbocycles. The first-order chi connectivity index (χ1) is 7.23. The lowest BCUT2D eigenvalue weighted by Crippen LogP contribution is -2.45. The third kappa shape index (κ3) is 2.32.